The Kier molecular flexibility index (Phi) is 9.14. The molecule has 5 atom stereocenters. The molecule has 46 heavy (non-hydrogen) atoms. The summed E-state index contributed by atoms with van der Waals surface area (Å²) in [5.74, 6) is 3.62. The number of fused-ring (bicyclic) bond motifs is 2. The molecule has 0 bridgehead atoms. The smallest absolute Gasteiger partial charge is 0.301 e. The fraction of sp³-hybridized carbons (Fsp3) is 0.375. The van der Waals surface area contributed by atoms with Crippen molar-refractivity contribution < 1.29 is 28.3 Å². The zero-order chi connectivity index (χ0) is 32.6. The number of aliphatic hydroxyl groups is 1. The van der Waals surface area contributed by atoms with Gasteiger partial charge in [-0.1, -0.05) is 67.6 Å². The van der Waals surface area contributed by atoms with Crippen LogP contribution in [-0.2, 0) is 30.6 Å². The quantitative estimate of drug-likeness (QED) is 0.0758. The molecule has 6 rings (SSSR count). The molecule has 2 fully saturated rings. The second kappa shape index (κ2) is 13.0. The van der Waals surface area contributed by atoms with Crippen molar-refractivity contribution in [2.24, 2.45) is 0 Å². The molecule has 0 spiro atoms. The first-order valence-electron chi connectivity index (χ1n) is 14.9. The average Bonchev–Trinajstić information content (AvgIpc) is 3.69. The zero-order valence-corrected chi connectivity index (χ0v) is 28.4. The summed E-state index contributed by atoms with van der Waals surface area (Å²) >= 11 is 6.77. The van der Waals surface area contributed by atoms with Crippen LogP contribution in [0.15, 0.2) is 59.5 Å². The number of nitriles is 1. The number of aliphatic hydroxyl groups excluding tert-OH is 1. The number of nitrogens with one attached hydrogen (secondary N) is 1. The summed E-state index contributed by atoms with van der Waals surface area (Å²) in [6, 6.07) is 17.9. The Balaban J connectivity index is 1.28. The minimum Gasteiger partial charge on any atom is -0.456 e. The fourth-order valence-corrected chi connectivity index (χ4v) is 7.30. The highest BCUT2D eigenvalue weighted by molar-refractivity contribution is 7.98. The largest absolute Gasteiger partial charge is 0.456 e. The highest BCUT2D eigenvalue weighted by Crippen LogP contribution is 2.35. The SMILES string of the molecule is C=S(=O)(NC#N)c1ccc(-c2ccc(-c3nc4c(cc3Cl)nc(O[C@@H]3CO[C@H]5[C@@H]3OC[C@H]5O)n4COCC[Si](C)(C)C)cc2)cc1. The monoisotopic (exact) mass is 681 g/mol. The van der Waals surface area contributed by atoms with Crippen molar-refractivity contribution in [1.29, 1.82) is 5.26 Å². The van der Waals surface area contributed by atoms with Crippen molar-refractivity contribution in [2.45, 2.75) is 61.7 Å². The van der Waals surface area contributed by atoms with Crippen LogP contribution in [-0.4, -0.2) is 82.0 Å². The number of halogens is 1. The third-order valence-corrected chi connectivity index (χ3v) is 11.5. The third-order valence-electron chi connectivity index (χ3n) is 8.03. The van der Waals surface area contributed by atoms with Gasteiger partial charge in [-0.2, -0.15) is 10.2 Å². The summed E-state index contributed by atoms with van der Waals surface area (Å²) in [4.78, 5) is 10.1. The fourth-order valence-electron chi connectivity index (χ4n) is 5.45. The van der Waals surface area contributed by atoms with Crippen molar-refractivity contribution in [3.05, 3.63) is 59.6 Å². The Morgan fingerprint density at radius 1 is 1.09 bits per heavy atom. The van der Waals surface area contributed by atoms with Gasteiger partial charge in [-0.25, -0.2) is 13.9 Å². The highest BCUT2D eigenvalue weighted by atomic mass is 35.5. The van der Waals surface area contributed by atoms with Crippen molar-refractivity contribution in [3.8, 4) is 34.6 Å². The Hall–Kier alpha value is -3.48. The Morgan fingerprint density at radius 2 is 1.74 bits per heavy atom. The number of ether oxygens (including phenoxy) is 4. The molecule has 2 aromatic carbocycles. The van der Waals surface area contributed by atoms with Gasteiger partial charge in [0, 0.05) is 20.2 Å². The van der Waals surface area contributed by atoms with Gasteiger partial charge >= 0.3 is 6.01 Å². The van der Waals surface area contributed by atoms with Gasteiger partial charge in [-0.05, 0) is 41.2 Å². The molecule has 2 aliphatic rings. The molecule has 0 radical (unpaired) electrons. The maximum atomic E-state index is 12.5. The van der Waals surface area contributed by atoms with Crippen LogP contribution in [0.1, 0.15) is 0 Å². The standard InChI is InChI=1S/C32H36ClN5O6SSi/c1-45(40,35-18-34)23-11-9-21(10-12-23)20-5-7-22(8-6-20)28-24(33)15-25-31(37-28)38(19-41-13-14-46(2,3)4)32(36-25)44-27-17-43-29-26(39)16-42-30(27)29/h5-12,15,26-27,29-30,39H,1,13-14,16-17,19H2,2-4H3,(H,35,40)/t26-,27-,29-,30-,45?/m1/s1. The molecule has 4 heterocycles. The molecule has 2 aromatic heterocycles. The minimum absolute atomic E-state index is 0.188. The number of aromatic nitrogens is 3. The lowest BCUT2D eigenvalue weighted by molar-refractivity contribution is 0.00336. The maximum absolute atomic E-state index is 12.5. The van der Waals surface area contributed by atoms with Crippen molar-refractivity contribution in [1.82, 2.24) is 19.3 Å². The van der Waals surface area contributed by atoms with E-state index < -0.39 is 42.2 Å². The second-order valence-corrected chi connectivity index (χ2v) is 20.7. The first kappa shape index (κ1) is 32.5. The zero-order valence-electron chi connectivity index (χ0n) is 25.8. The Morgan fingerprint density at radius 3 is 2.41 bits per heavy atom. The maximum Gasteiger partial charge on any atom is 0.301 e. The molecule has 14 heteroatoms. The van der Waals surface area contributed by atoms with Crippen LogP contribution in [0.2, 0.25) is 30.7 Å². The van der Waals surface area contributed by atoms with E-state index in [4.69, 9.17) is 45.8 Å². The summed E-state index contributed by atoms with van der Waals surface area (Å²) < 4.78 is 40.6. The molecule has 1 unspecified atom stereocenters. The summed E-state index contributed by atoms with van der Waals surface area (Å²) in [7, 11) is -4.19. The van der Waals surface area contributed by atoms with Gasteiger partial charge < -0.3 is 24.1 Å². The average molecular weight is 682 g/mol. The van der Waals surface area contributed by atoms with Gasteiger partial charge in [0.05, 0.1) is 38.5 Å². The van der Waals surface area contributed by atoms with Crippen LogP contribution < -0.4 is 9.46 Å². The molecule has 4 aromatic rings. The summed E-state index contributed by atoms with van der Waals surface area (Å²) in [6.07, 6.45) is -0.257. The van der Waals surface area contributed by atoms with E-state index in [-0.39, 0.29) is 19.9 Å². The van der Waals surface area contributed by atoms with Gasteiger partial charge in [-0.3, -0.25) is 4.57 Å². The molecule has 11 nitrogen and oxygen atoms in total. The lowest BCUT2D eigenvalue weighted by Crippen LogP contribution is -2.35. The first-order chi connectivity index (χ1) is 21.9. The number of imidazole rings is 1. The molecule has 2 aliphatic heterocycles. The number of nitrogens with zero attached hydrogens (tertiary/aromatic N) is 4. The lowest BCUT2D eigenvalue weighted by Gasteiger charge is -2.19. The second-order valence-electron chi connectivity index (χ2n) is 12.6. The molecule has 242 valence electrons. The minimum atomic E-state index is -2.88. The third kappa shape index (κ3) is 6.79. The molecule has 2 saturated heterocycles. The van der Waals surface area contributed by atoms with Crippen LogP contribution in [0.25, 0.3) is 33.5 Å². The summed E-state index contributed by atoms with van der Waals surface area (Å²) in [5.41, 5.74) is 4.35. The number of benzene rings is 2. The van der Waals surface area contributed by atoms with Gasteiger partial charge in [0.2, 0.25) is 0 Å². The predicted molar refractivity (Wildman–Crippen MR) is 180 cm³/mol. The van der Waals surface area contributed by atoms with E-state index >= 15 is 0 Å². The van der Waals surface area contributed by atoms with Crippen molar-refractivity contribution in [3.63, 3.8) is 0 Å². The topological polar surface area (TPSA) is 141 Å². The Bertz CT molecular complexity index is 1870. The van der Waals surface area contributed by atoms with Gasteiger partial charge in [0.1, 0.15) is 30.6 Å². The van der Waals surface area contributed by atoms with Crippen LogP contribution in [0.3, 0.4) is 0 Å². The van der Waals surface area contributed by atoms with Crippen molar-refractivity contribution in [2.75, 3.05) is 19.8 Å². The van der Waals surface area contributed by atoms with Crippen LogP contribution in [0, 0.1) is 11.5 Å². The number of pyridine rings is 1. The number of hydrogen-bond acceptors (Lipinski definition) is 9. The normalized spacial score (nSPS) is 22.3. The van der Waals surface area contributed by atoms with Gasteiger partial charge in [0.25, 0.3) is 0 Å². The van der Waals surface area contributed by atoms with E-state index in [1.807, 2.05) is 36.4 Å². The van der Waals surface area contributed by atoms with E-state index in [1.165, 1.54) is 0 Å². The number of rotatable bonds is 11. The van der Waals surface area contributed by atoms with E-state index in [0.29, 0.717) is 39.4 Å². The predicted octanol–water partition coefficient (Wildman–Crippen LogP) is 4.70. The molecular formula is C32H36ClN5O6SSi. The summed E-state index contributed by atoms with van der Waals surface area (Å²) in [6.45, 7) is 8.16. The van der Waals surface area contributed by atoms with E-state index in [2.05, 4.69) is 30.2 Å². The molecule has 0 amide bonds. The lowest BCUT2D eigenvalue weighted by atomic mass is 10.0. The van der Waals surface area contributed by atoms with Crippen LogP contribution in [0.5, 0.6) is 6.01 Å². The van der Waals surface area contributed by atoms with E-state index in [1.54, 1.807) is 29.0 Å². The molecule has 2 N–H and O–H groups in total. The highest BCUT2D eigenvalue weighted by Gasteiger charge is 2.49. The van der Waals surface area contributed by atoms with Crippen LogP contribution in [0.4, 0.5) is 0 Å². The summed E-state index contributed by atoms with van der Waals surface area (Å²) in [5, 5.41) is 19.5. The Labute approximate surface area is 274 Å². The molecule has 0 aliphatic carbocycles. The van der Waals surface area contributed by atoms with Crippen molar-refractivity contribution >= 4 is 46.4 Å². The van der Waals surface area contributed by atoms with E-state index in [9.17, 15) is 9.32 Å². The van der Waals surface area contributed by atoms with E-state index in [0.717, 1.165) is 22.7 Å². The first-order valence-corrected chi connectivity index (χ1v) is 20.7. The van der Waals surface area contributed by atoms with Crippen LogP contribution >= 0.6 is 11.6 Å². The van der Waals surface area contributed by atoms with Gasteiger partial charge in [-0.15, -0.1) is 0 Å². The van der Waals surface area contributed by atoms with Gasteiger partial charge in [0.15, 0.2) is 17.9 Å². The molecule has 0 saturated carbocycles. The molecular weight excluding hydrogens is 646 g/mol. The number of hydrogen-bond donors (Lipinski definition) is 2.